The van der Waals surface area contributed by atoms with Crippen LogP contribution in [0.1, 0.15) is 46.5 Å². The lowest BCUT2D eigenvalue weighted by Gasteiger charge is -2.21. The second kappa shape index (κ2) is 8.98. The van der Waals surface area contributed by atoms with Crippen molar-refractivity contribution in [2.75, 3.05) is 5.32 Å². The Morgan fingerprint density at radius 2 is 1.74 bits per heavy atom. The second-order valence-electron chi connectivity index (χ2n) is 6.90. The molecule has 1 unspecified atom stereocenters. The molecule has 0 aromatic heterocycles. The molecule has 0 spiro atoms. The van der Waals surface area contributed by atoms with E-state index in [-0.39, 0.29) is 17.7 Å². The van der Waals surface area contributed by atoms with E-state index >= 15 is 0 Å². The number of nitrogens with two attached hydrogens (primary N) is 1. The molecule has 0 bridgehead atoms. The molecule has 0 aliphatic heterocycles. The predicted molar refractivity (Wildman–Crippen MR) is 105 cm³/mol. The minimum absolute atomic E-state index is 0.204. The molecule has 0 saturated carbocycles. The van der Waals surface area contributed by atoms with Gasteiger partial charge < -0.3 is 16.4 Å². The minimum Gasteiger partial charge on any atom is -0.366 e. The standard InChI is InChI=1S/C21H25N3O3/c1-13(2)11-18(24-20(26)17-10-5-4-7-14(17)3)21(27)23-16-9-6-8-15(12-16)19(22)25/h4-10,12-13,18H,11H2,1-3H3,(H2,22,25)(H,23,27)(H,24,26). The molecule has 0 heterocycles. The quantitative estimate of drug-likeness (QED) is 0.701. The maximum absolute atomic E-state index is 12.7. The molecule has 142 valence electrons. The van der Waals surface area contributed by atoms with Crippen molar-refractivity contribution in [1.29, 1.82) is 0 Å². The van der Waals surface area contributed by atoms with E-state index in [4.69, 9.17) is 5.73 Å². The van der Waals surface area contributed by atoms with Gasteiger partial charge in [0.25, 0.3) is 5.91 Å². The molecule has 0 aliphatic rings. The number of carbonyl (C=O) groups excluding carboxylic acids is 3. The van der Waals surface area contributed by atoms with Crippen LogP contribution in [-0.4, -0.2) is 23.8 Å². The van der Waals surface area contributed by atoms with Crippen molar-refractivity contribution in [2.24, 2.45) is 11.7 Å². The molecule has 4 N–H and O–H groups in total. The fourth-order valence-electron chi connectivity index (χ4n) is 2.75. The number of aryl methyl sites for hydroxylation is 1. The first-order valence-electron chi connectivity index (χ1n) is 8.85. The maximum Gasteiger partial charge on any atom is 0.252 e. The highest BCUT2D eigenvalue weighted by atomic mass is 16.2. The van der Waals surface area contributed by atoms with Crippen molar-refractivity contribution in [1.82, 2.24) is 5.32 Å². The Balaban J connectivity index is 2.16. The molecule has 2 aromatic carbocycles. The highest BCUT2D eigenvalue weighted by Crippen LogP contribution is 2.14. The summed E-state index contributed by atoms with van der Waals surface area (Å²) >= 11 is 0. The molecule has 1 atom stereocenters. The first kappa shape index (κ1) is 20.2. The van der Waals surface area contributed by atoms with Gasteiger partial charge in [-0.05, 0) is 49.1 Å². The average Bonchev–Trinajstić information content (AvgIpc) is 2.61. The number of hydrogen-bond acceptors (Lipinski definition) is 3. The highest BCUT2D eigenvalue weighted by molar-refractivity contribution is 6.02. The largest absolute Gasteiger partial charge is 0.366 e. The number of anilines is 1. The minimum atomic E-state index is -0.700. The van der Waals surface area contributed by atoms with Crippen LogP contribution < -0.4 is 16.4 Å². The Labute approximate surface area is 159 Å². The Morgan fingerprint density at radius 3 is 2.37 bits per heavy atom. The molecular formula is C21H25N3O3. The number of primary amides is 1. The van der Waals surface area contributed by atoms with E-state index in [1.165, 1.54) is 6.07 Å². The van der Waals surface area contributed by atoms with Crippen molar-refractivity contribution >= 4 is 23.4 Å². The molecule has 6 heteroatoms. The summed E-state index contributed by atoms with van der Waals surface area (Å²) in [6, 6.07) is 12.9. The summed E-state index contributed by atoms with van der Waals surface area (Å²) in [5, 5.41) is 5.57. The van der Waals surface area contributed by atoms with Gasteiger partial charge in [0.1, 0.15) is 6.04 Å². The molecule has 0 fully saturated rings. The van der Waals surface area contributed by atoms with Crippen LogP contribution in [0, 0.1) is 12.8 Å². The summed E-state index contributed by atoms with van der Waals surface area (Å²) in [7, 11) is 0. The third-order valence-corrected chi connectivity index (χ3v) is 4.13. The summed E-state index contributed by atoms with van der Waals surface area (Å²) in [6.45, 7) is 5.81. The van der Waals surface area contributed by atoms with Crippen molar-refractivity contribution < 1.29 is 14.4 Å². The Bertz CT molecular complexity index is 846. The summed E-state index contributed by atoms with van der Waals surface area (Å²) in [6.07, 6.45) is 0.485. The molecule has 3 amide bonds. The summed E-state index contributed by atoms with van der Waals surface area (Å²) in [5.41, 5.74) is 7.41. The van der Waals surface area contributed by atoms with E-state index in [1.54, 1.807) is 30.3 Å². The number of rotatable bonds is 7. The van der Waals surface area contributed by atoms with Gasteiger partial charge in [-0.2, -0.15) is 0 Å². The van der Waals surface area contributed by atoms with Crippen LogP contribution in [0.15, 0.2) is 48.5 Å². The number of benzene rings is 2. The van der Waals surface area contributed by atoms with E-state index in [0.717, 1.165) is 5.56 Å². The Hall–Kier alpha value is -3.15. The molecule has 2 rings (SSSR count). The van der Waals surface area contributed by atoms with Gasteiger partial charge in [-0.1, -0.05) is 38.1 Å². The van der Waals surface area contributed by atoms with Crippen LogP contribution in [0.25, 0.3) is 0 Å². The van der Waals surface area contributed by atoms with Crippen molar-refractivity contribution in [3.63, 3.8) is 0 Å². The summed E-state index contributed by atoms with van der Waals surface area (Å²) in [5.74, 6) is -1.00. The van der Waals surface area contributed by atoms with Crippen LogP contribution in [0.4, 0.5) is 5.69 Å². The monoisotopic (exact) mass is 367 g/mol. The average molecular weight is 367 g/mol. The SMILES string of the molecule is Cc1ccccc1C(=O)NC(CC(C)C)C(=O)Nc1cccc(C(N)=O)c1. The number of hydrogen-bond donors (Lipinski definition) is 3. The van der Waals surface area contributed by atoms with Crippen LogP contribution in [0.3, 0.4) is 0 Å². The van der Waals surface area contributed by atoms with Gasteiger partial charge in [-0.15, -0.1) is 0 Å². The summed E-state index contributed by atoms with van der Waals surface area (Å²) in [4.78, 5) is 36.6. The van der Waals surface area contributed by atoms with Gasteiger partial charge >= 0.3 is 0 Å². The number of nitrogens with one attached hydrogen (secondary N) is 2. The van der Waals surface area contributed by atoms with E-state index in [0.29, 0.717) is 23.2 Å². The zero-order valence-electron chi connectivity index (χ0n) is 15.8. The summed E-state index contributed by atoms with van der Waals surface area (Å²) < 4.78 is 0. The van der Waals surface area contributed by atoms with Gasteiger partial charge in [-0.25, -0.2) is 0 Å². The van der Waals surface area contributed by atoms with Crippen LogP contribution >= 0.6 is 0 Å². The predicted octanol–water partition coefficient (Wildman–Crippen LogP) is 2.88. The van der Waals surface area contributed by atoms with E-state index in [2.05, 4.69) is 10.6 Å². The van der Waals surface area contributed by atoms with Crippen molar-refractivity contribution in [2.45, 2.75) is 33.2 Å². The van der Waals surface area contributed by atoms with Gasteiger partial charge in [0.2, 0.25) is 11.8 Å². The molecule has 0 radical (unpaired) electrons. The molecule has 0 saturated heterocycles. The van der Waals surface area contributed by atoms with Crippen molar-refractivity contribution in [3.05, 3.63) is 65.2 Å². The zero-order valence-corrected chi connectivity index (χ0v) is 15.8. The van der Waals surface area contributed by atoms with E-state index in [1.807, 2.05) is 32.9 Å². The fourth-order valence-corrected chi connectivity index (χ4v) is 2.75. The lowest BCUT2D eigenvalue weighted by atomic mass is 10.0. The normalized spacial score (nSPS) is 11.7. The van der Waals surface area contributed by atoms with E-state index < -0.39 is 11.9 Å². The van der Waals surface area contributed by atoms with Crippen LogP contribution in [-0.2, 0) is 4.79 Å². The Kier molecular flexibility index (Phi) is 6.71. The Morgan fingerprint density at radius 1 is 1.04 bits per heavy atom. The van der Waals surface area contributed by atoms with Crippen LogP contribution in [0.2, 0.25) is 0 Å². The second-order valence-corrected chi connectivity index (χ2v) is 6.90. The topological polar surface area (TPSA) is 101 Å². The number of amides is 3. The first-order chi connectivity index (χ1) is 12.8. The molecule has 2 aromatic rings. The van der Waals surface area contributed by atoms with E-state index in [9.17, 15) is 14.4 Å². The molecule has 27 heavy (non-hydrogen) atoms. The van der Waals surface area contributed by atoms with Gasteiger partial charge in [0.15, 0.2) is 0 Å². The smallest absolute Gasteiger partial charge is 0.252 e. The molecule has 6 nitrogen and oxygen atoms in total. The third-order valence-electron chi connectivity index (χ3n) is 4.13. The zero-order chi connectivity index (χ0) is 20.0. The van der Waals surface area contributed by atoms with Crippen molar-refractivity contribution in [3.8, 4) is 0 Å². The molecular weight excluding hydrogens is 342 g/mol. The van der Waals surface area contributed by atoms with Gasteiger partial charge in [-0.3, -0.25) is 14.4 Å². The number of carbonyl (C=O) groups is 3. The van der Waals surface area contributed by atoms with Gasteiger partial charge in [0, 0.05) is 16.8 Å². The highest BCUT2D eigenvalue weighted by Gasteiger charge is 2.23. The maximum atomic E-state index is 12.7. The van der Waals surface area contributed by atoms with Crippen LogP contribution in [0.5, 0.6) is 0 Å². The first-order valence-corrected chi connectivity index (χ1v) is 8.85. The van der Waals surface area contributed by atoms with Gasteiger partial charge in [0.05, 0.1) is 0 Å². The fraction of sp³-hybridized carbons (Fsp3) is 0.286. The third kappa shape index (κ3) is 5.67. The lowest BCUT2D eigenvalue weighted by Crippen LogP contribution is -2.44. The lowest BCUT2D eigenvalue weighted by molar-refractivity contribution is -0.118. The molecule has 0 aliphatic carbocycles.